The molecule has 1 aliphatic carbocycles. The van der Waals surface area contributed by atoms with Gasteiger partial charge < -0.3 is 10.1 Å². The first kappa shape index (κ1) is 15.0. The van der Waals surface area contributed by atoms with E-state index in [0.717, 1.165) is 22.3 Å². The monoisotopic (exact) mass is 413 g/mol. The molecule has 21 heavy (non-hydrogen) atoms. The fourth-order valence-electron chi connectivity index (χ4n) is 2.04. The third-order valence-corrected chi connectivity index (χ3v) is 4.20. The third kappa shape index (κ3) is 4.28. The van der Waals surface area contributed by atoms with E-state index in [-0.39, 0.29) is 5.82 Å². The highest BCUT2D eigenvalue weighted by atomic mass is 79.9. The van der Waals surface area contributed by atoms with Crippen molar-refractivity contribution >= 4 is 31.9 Å². The van der Waals surface area contributed by atoms with E-state index < -0.39 is 0 Å². The highest BCUT2D eigenvalue weighted by Gasteiger charge is 2.20. The number of ether oxygens (including phenoxy) is 1. The summed E-state index contributed by atoms with van der Waals surface area (Å²) in [6.45, 7) is 0.746. The molecule has 0 unspecified atom stereocenters. The Morgan fingerprint density at radius 2 is 1.90 bits per heavy atom. The molecule has 0 spiro atoms. The van der Waals surface area contributed by atoms with Crippen molar-refractivity contribution < 1.29 is 9.13 Å². The maximum Gasteiger partial charge on any atom is 0.131 e. The smallest absolute Gasteiger partial charge is 0.131 e. The highest BCUT2D eigenvalue weighted by molar-refractivity contribution is 9.10. The Morgan fingerprint density at radius 1 is 1.10 bits per heavy atom. The van der Waals surface area contributed by atoms with Crippen molar-refractivity contribution in [1.29, 1.82) is 0 Å². The molecule has 1 saturated carbocycles. The summed E-state index contributed by atoms with van der Waals surface area (Å²) < 4.78 is 20.9. The summed E-state index contributed by atoms with van der Waals surface area (Å²) in [6, 6.07) is 11.0. The van der Waals surface area contributed by atoms with E-state index in [1.54, 1.807) is 6.07 Å². The minimum Gasteiger partial charge on any atom is -0.457 e. The largest absolute Gasteiger partial charge is 0.457 e. The summed E-state index contributed by atoms with van der Waals surface area (Å²) in [5, 5.41) is 3.46. The molecular formula is C16H14Br2FNO. The van der Waals surface area contributed by atoms with E-state index in [1.807, 2.05) is 18.2 Å². The quantitative estimate of drug-likeness (QED) is 0.707. The number of nitrogens with one attached hydrogen (secondary N) is 1. The fourth-order valence-corrected chi connectivity index (χ4v) is 2.89. The molecular weight excluding hydrogens is 401 g/mol. The lowest BCUT2D eigenvalue weighted by Gasteiger charge is -2.13. The molecule has 0 bridgehead atoms. The van der Waals surface area contributed by atoms with Crippen LogP contribution >= 0.6 is 31.9 Å². The zero-order valence-corrected chi connectivity index (χ0v) is 14.4. The number of hydrogen-bond donors (Lipinski definition) is 1. The van der Waals surface area contributed by atoms with Crippen LogP contribution < -0.4 is 10.1 Å². The molecule has 0 aliphatic heterocycles. The van der Waals surface area contributed by atoms with Crippen LogP contribution in [0.2, 0.25) is 0 Å². The highest BCUT2D eigenvalue weighted by Crippen LogP contribution is 2.31. The SMILES string of the molecule is Fc1cc(Br)cc(Oc2ccc(Br)cc2CNC2CC2)c1. The van der Waals surface area contributed by atoms with Gasteiger partial charge in [0.05, 0.1) is 0 Å². The molecule has 1 aliphatic rings. The van der Waals surface area contributed by atoms with E-state index in [0.29, 0.717) is 16.3 Å². The second-order valence-corrected chi connectivity index (χ2v) is 6.95. The predicted octanol–water partition coefficient (Wildman–Crippen LogP) is 5.40. The van der Waals surface area contributed by atoms with E-state index in [9.17, 15) is 4.39 Å². The summed E-state index contributed by atoms with van der Waals surface area (Å²) in [5.41, 5.74) is 1.05. The van der Waals surface area contributed by atoms with Gasteiger partial charge in [-0.15, -0.1) is 0 Å². The van der Waals surface area contributed by atoms with Crippen LogP contribution in [0.15, 0.2) is 45.3 Å². The van der Waals surface area contributed by atoms with Crippen molar-refractivity contribution in [3.05, 3.63) is 56.7 Å². The molecule has 0 radical (unpaired) electrons. The summed E-state index contributed by atoms with van der Waals surface area (Å²) in [4.78, 5) is 0. The average Bonchev–Trinajstić information content (AvgIpc) is 3.22. The molecule has 1 N–H and O–H groups in total. The molecule has 1 fully saturated rings. The number of rotatable bonds is 5. The third-order valence-electron chi connectivity index (χ3n) is 3.24. The Labute approximate surface area is 140 Å². The Morgan fingerprint density at radius 3 is 2.62 bits per heavy atom. The van der Waals surface area contributed by atoms with Gasteiger partial charge in [0.15, 0.2) is 0 Å². The number of benzene rings is 2. The van der Waals surface area contributed by atoms with Crippen molar-refractivity contribution in [3.63, 3.8) is 0 Å². The van der Waals surface area contributed by atoms with Crippen molar-refractivity contribution in [2.24, 2.45) is 0 Å². The Hall–Kier alpha value is -0.910. The molecule has 5 heteroatoms. The Bertz CT molecular complexity index is 638. The normalized spacial score (nSPS) is 14.2. The van der Waals surface area contributed by atoms with Gasteiger partial charge in [-0.2, -0.15) is 0 Å². The zero-order valence-electron chi connectivity index (χ0n) is 11.2. The van der Waals surface area contributed by atoms with Gasteiger partial charge in [0.25, 0.3) is 0 Å². The molecule has 110 valence electrons. The van der Waals surface area contributed by atoms with Crippen molar-refractivity contribution in [3.8, 4) is 11.5 Å². The van der Waals surface area contributed by atoms with Crippen molar-refractivity contribution in [1.82, 2.24) is 5.32 Å². The Balaban J connectivity index is 1.82. The molecule has 0 amide bonds. The zero-order chi connectivity index (χ0) is 14.8. The van der Waals surface area contributed by atoms with Gasteiger partial charge in [-0.25, -0.2) is 4.39 Å². The van der Waals surface area contributed by atoms with Gasteiger partial charge in [0.1, 0.15) is 17.3 Å². The van der Waals surface area contributed by atoms with Crippen LogP contribution in [-0.4, -0.2) is 6.04 Å². The summed E-state index contributed by atoms with van der Waals surface area (Å²) in [7, 11) is 0. The molecule has 2 aromatic rings. The summed E-state index contributed by atoms with van der Waals surface area (Å²) in [5.74, 6) is 0.898. The number of halogens is 3. The summed E-state index contributed by atoms with van der Waals surface area (Å²) >= 11 is 6.75. The lowest BCUT2D eigenvalue weighted by atomic mass is 10.2. The first-order chi connectivity index (χ1) is 10.1. The van der Waals surface area contributed by atoms with Gasteiger partial charge in [0.2, 0.25) is 0 Å². The topological polar surface area (TPSA) is 21.3 Å². The second-order valence-electron chi connectivity index (χ2n) is 5.11. The molecule has 2 nitrogen and oxygen atoms in total. The van der Waals surface area contributed by atoms with Gasteiger partial charge in [-0.3, -0.25) is 0 Å². The summed E-state index contributed by atoms with van der Waals surface area (Å²) in [6.07, 6.45) is 2.47. The van der Waals surface area contributed by atoms with E-state index >= 15 is 0 Å². The molecule has 0 atom stereocenters. The van der Waals surface area contributed by atoms with Crippen LogP contribution in [0.4, 0.5) is 4.39 Å². The van der Waals surface area contributed by atoms with Crippen molar-refractivity contribution in [2.45, 2.75) is 25.4 Å². The number of hydrogen-bond acceptors (Lipinski definition) is 2. The van der Waals surface area contributed by atoms with Crippen LogP contribution in [-0.2, 0) is 6.54 Å². The lowest BCUT2D eigenvalue weighted by molar-refractivity contribution is 0.467. The van der Waals surface area contributed by atoms with Crippen LogP contribution in [0.1, 0.15) is 18.4 Å². The van der Waals surface area contributed by atoms with Crippen molar-refractivity contribution in [2.75, 3.05) is 0 Å². The van der Waals surface area contributed by atoms with Crippen LogP contribution in [0.5, 0.6) is 11.5 Å². The van der Waals surface area contributed by atoms with E-state index in [4.69, 9.17) is 4.74 Å². The Kier molecular flexibility index (Phi) is 4.62. The minimum atomic E-state index is -0.325. The molecule has 3 rings (SSSR count). The molecule has 0 aromatic heterocycles. The first-order valence-corrected chi connectivity index (χ1v) is 8.34. The van der Waals surface area contributed by atoms with Crippen LogP contribution in [0.3, 0.4) is 0 Å². The maximum atomic E-state index is 13.4. The molecule has 0 saturated heterocycles. The van der Waals surface area contributed by atoms with E-state index in [1.165, 1.54) is 25.0 Å². The van der Waals surface area contributed by atoms with Gasteiger partial charge >= 0.3 is 0 Å². The standard InChI is InChI=1S/C16H14Br2FNO/c17-11-1-4-16(10(5-11)9-20-14-2-3-14)21-15-7-12(18)6-13(19)8-15/h1,4-8,14,20H,2-3,9H2. The molecule has 0 heterocycles. The second kappa shape index (κ2) is 6.46. The van der Waals surface area contributed by atoms with E-state index in [2.05, 4.69) is 37.2 Å². The van der Waals surface area contributed by atoms with Gasteiger partial charge in [0, 0.05) is 33.2 Å². The maximum absolute atomic E-state index is 13.4. The minimum absolute atomic E-state index is 0.325. The lowest BCUT2D eigenvalue weighted by Crippen LogP contribution is -2.15. The van der Waals surface area contributed by atoms with Gasteiger partial charge in [-0.05, 0) is 43.2 Å². The van der Waals surface area contributed by atoms with Crippen LogP contribution in [0, 0.1) is 5.82 Å². The predicted molar refractivity (Wildman–Crippen MR) is 88.2 cm³/mol. The average molecular weight is 415 g/mol. The van der Waals surface area contributed by atoms with Gasteiger partial charge in [-0.1, -0.05) is 31.9 Å². The van der Waals surface area contributed by atoms with Crippen LogP contribution in [0.25, 0.3) is 0 Å². The fraction of sp³-hybridized carbons (Fsp3) is 0.250. The molecule has 2 aromatic carbocycles. The first-order valence-electron chi connectivity index (χ1n) is 6.76.